The molecule has 0 saturated heterocycles. The molecule has 0 aliphatic heterocycles. The lowest BCUT2D eigenvalue weighted by atomic mass is 10.1. The van der Waals surface area contributed by atoms with Crippen molar-refractivity contribution in [2.45, 2.75) is 19.8 Å². The van der Waals surface area contributed by atoms with Crippen molar-refractivity contribution in [3.05, 3.63) is 29.5 Å². The first-order chi connectivity index (χ1) is 7.76. The molecule has 1 aromatic carbocycles. The van der Waals surface area contributed by atoms with Crippen molar-refractivity contribution in [1.82, 2.24) is 4.98 Å². The highest BCUT2D eigenvalue weighted by atomic mass is 16.5. The van der Waals surface area contributed by atoms with Crippen LogP contribution >= 0.6 is 0 Å². The van der Waals surface area contributed by atoms with Crippen LogP contribution in [0, 0.1) is 6.92 Å². The lowest BCUT2D eigenvalue weighted by Gasteiger charge is -2.04. The van der Waals surface area contributed by atoms with E-state index < -0.39 is 0 Å². The third kappa shape index (κ3) is 1.91. The van der Waals surface area contributed by atoms with Crippen LogP contribution in [0.2, 0.25) is 0 Å². The minimum atomic E-state index is 0.232. The highest BCUT2D eigenvalue weighted by molar-refractivity contribution is 5.89. The fourth-order valence-electron chi connectivity index (χ4n) is 2.03. The first-order valence-corrected chi connectivity index (χ1v) is 5.51. The van der Waals surface area contributed by atoms with E-state index in [1.54, 1.807) is 7.11 Å². The Kier molecular flexibility index (Phi) is 3.15. The fraction of sp³-hybridized carbons (Fsp3) is 0.385. The fourth-order valence-corrected chi connectivity index (χ4v) is 2.03. The van der Waals surface area contributed by atoms with Gasteiger partial charge in [0, 0.05) is 18.2 Å². The van der Waals surface area contributed by atoms with Gasteiger partial charge in [-0.3, -0.25) is 0 Å². The minimum Gasteiger partial charge on any atom is -0.495 e. The molecule has 3 nitrogen and oxygen atoms in total. The number of fused-ring (bicyclic) bond motifs is 1. The zero-order chi connectivity index (χ0) is 11.5. The third-order valence-electron chi connectivity index (χ3n) is 2.81. The summed E-state index contributed by atoms with van der Waals surface area (Å²) in [6.45, 7) is 2.29. The summed E-state index contributed by atoms with van der Waals surface area (Å²) in [6, 6.07) is 4.18. The molecule has 2 N–H and O–H groups in total. The number of benzene rings is 1. The second-order valence-corrected chi connectivity index (χ2v) is 4.03. The monoisotopic (exact) mass is 219 g/mol. The number of hydrogen-bond donors (Lipinski definition) is 2. The summed E-state index contributed by atoms with van der Waals surface area (Å²) in [5.41, 5.74) is 3.47. The van der Waals surface area contributed by atoms with Gasteiger partial charge in [0.05, 0.1) is 12.6 Å². The zero-order valence-electron chi connectivity index (χ0n) is 9.71. The minimum absolute atomic E-state index is 0.232. The Morgan fingerprint density at radius 1 is 1.38 bits per heavy atom. The van der Waals surface area contributed by atoms with E-state index in [-0.39, 0.29) is 6.61 Å². The SMILES string of the molecule is COc1cc(C)cc2c(CCCO)c[nH]c12. The summed E-state index contributed by atoms with van der Waals surface area (Å²) in [7, 11) is 1.68. The number of rotatable bonds is 4. The van der Waals surface area contributed by atoms with Crippen LogP contribution in [-0.2, 0) is 6.42 Å². The molecule has 86 valence electrons. The number of hydrogen-bond acceptors (Lipinski definition) is 2. The Balaban J connectivity index is 2.49. The van der Waals surface area contributed by atoms with Crippen LogP contribution in [0.3, 0.4) is 0 Å². The highest BCUT2D eigenvalue weighted by Crippen LogP contribution is 2.29. The Morgan fingerprint density at radius 2 is 2.19 bits per heavy atom. The second-order valence-electron chi connectivity index (χ2n) is 4.03. The lowest BCUT2D eigenvalue weighted by Crippen LogP contribution is -1.89. The molecule has 0 bridgehead atoms. The molecule has 2 rings (SSSR count). The van der Waals surface area contributed by atoms with Gasteiger partial charge in [-0.2, -0.15) is 0 Å². The number of nitrogens with one attached hydrogen (secondary N) is 1. The maximum absolute atomic E-state index is 8.86. The van der Waals surface area contributed by atoms with Gasteiger partial charge in [0.15, 0.2) is 0 Å². The van der Waals surface area contributed by atoms with E-state index in [2.05, 4.69) is 18.0 Å². The number of aromatic amines is 1. The van der Waals surface area contributed by atoms with E-state index in [0.29, 0.717) is 0 Å². The van der Waals surface area contributed by atoms with E-state index in [1.165, 1.54) is 16.5 Å². The van der Waals surface area contributed by atoms with E-state index in [0.717, 1.165) is 24.1 Å². The summed E-state index contributed by atoms with van der Waals surface area (Å²) in [5, 5.41) is 10.1. The molecule has 0 aliphatic carbocycles. The molecular formula is C13H17NO2. The molecule has 0 aliphatic rings. The van der Waals surface area contributed by atoms with Gasteiger partial charge in [0.25, 0.3) is 0 Å². The van der Waals surface area contributed by atoms with Gasteiger partial charge < -0.3 is 14.8 Å². The molecule has 0 unspecified atom stereocenters. The normalized spacial score (nSPS) is 10.9. The van der Waals surface area contributed by atoms with Crippen molar-refractivity contribution in [1.29, 1.82) is 0 Å². The maximum Gasteiger partial charge on any atom is 0.143 e. The van der Waals surface area contributed by atoms with Crippen LogP contribution in [0.1, 0.15) is 17.5 Å². The smallest absolute Gasteiger partial charge is 0.143 e. The van der Waals surface area contributed by atoms with Crippen LogP contribution in [0.4, 0.5) is 0 Å². The molecule has 3 heteroatoms. The van der Waals surface area contributed by atoms with Crippen molar-refractivity contribution in [3.8, 4) is 5.75 Å². The molecule has 16 heavy (non-hydrogen) atoms. The van der Waals surface area contributed by atoms with Gasteiger partial charge in [0.1, 0.15) is 5.75 Å². The van der Waals surface area contributed by atoms with Crippen LogP contribution in [0.15, 0.2) is 18.3 Å². The standard InChI is InChI=1S/C13H17NO2/c1-9-6-11-10(4-3-5-15)8-14-13(11)12(7-9)16-2/h6-8,14-15H,3-5H2,1-2H3. The van der Waals surface area contributed by atoms with Gasteiger partial charge in [-0.25, -0.2) is 0 Å². The summed E-state index contributed by atoms with van der Waals surface area (Å²) in [4.78, 5) is 3.24. The number of aryl methyl sites for hydroxylation is 2. The Bertz CT molecular complexity index is 488. The van der Waals surface area contributed by atoms with Crippen molar-refractivity contribution in [3.63, 3.8) is 0 Å². The zero-order valence-corrected chi connectivity index (χ0v) is 9.71. The lowest BCUT2D eigenvalue weighted by molar-refractivity contribution is 0.289. The second kappa shape index (κ2) is 4.58. The van der Waals surface area contributed by atoms with Gasteiger partial charge >= 0.3 is 0 Å². The largest absolute Gasteiger partial charge is 0.495 e. The number of ether oxygens (including phenoxy) is 1. The molecule has 0 radical (unpaired) electrons. The summed E-state index contributed by atoms with van der Waals surface area (Å²) >= 11 is 0. The number of aliphatic hydroxyl groups is 1. The highest BCUT2D eigenvalue weighted by Gasteiger charge is 2.08. The van der Waals surface area contributed by atoms with Gasteiger partial charge in [0.2, 0.25) is 0 Å². The van der Waals surface area contributed by atoms with Crippen molar-refractivity contribution < 1.29 is 9.84 Å². The molecule has 1 aromatic heterocycles. The van der Waals surface area contributed by atoms with Crippen LogP contribution < -0.4 is 4.74 Å². The number of aliphatic hydroxyl groups excluding tert-OH is 1. The molecular weight excluding hydrogens is 202 g/mol. The molecule has 0 saturated carbocycles. The van der Waals surface area contributed by atoms with Gasteiger partial charge in [-0.1, -0.05) is 0 Å². The van der Waals surface area contributed by atoms with Gasteiger partial charge in [-0.05, 0) is 43.0 Å². The number of H-pyrrole nitrogens is 1. The molecule has 0 atom stereocenters. The van der Waals surface area contributed by atoms with E-state index in [9.17, 15) is 0 Å². The first kappa shape index (κ1) is 11.0. The summed E-state index contributed by atoms with van der Waals surface area (Å²) in [6.07, 6.45) is 3.69. The van der Waals surface area contributed by atoms with Crippen LogP contribution in [-0.4, -0.2) is 23.8 Å². The predicted molar refractivity (Wildman–Crippen MR) is 65.0 cm³/mol. The van der Waals surface area contributed by atoms with E-state index in [1.807, 2.05) is 12.3 Å². The Hall–Kier alpha value is -1.48. The molecule has 0 fully saturated rings. The van der Waals surface area contributed by atoms with Gasteiger partial charge in [-0.15, -0.1) is 0 Å². The van der Waals surface area contributed by atoms with E-state index >= 15 is 0 Å². The number of methoxy groups -OCH3 is 1. The third-order valence-corrected chi connectivity index (χ3v) is 2.81. The quantitative estimate of drug-likeness (QED) is 0.829. The maximum atomic E-state index is 8.86. The molecule has 1 heterocycles. The van der Waals surface area contributed by atoms with Crippen LogP contribution in [0.5, 0.6) is 5.75 Å². The summed E-state index contributed by atoms with van der Waals surface area (Å²) < 4.78 is 5.35. The Labute approximate surface area is 95.1 Å². The van der Waals surface area contributed by atoms with Crippen LogP contribution in [0.25, 0.3) is 10.9 Å². The number of aromatic nitrogens is 1. The average Bonchev–Trinajstić information content (AvgIpc) is 2.68. The molecule has 0 spiro atoms. The van der Waals surface area contributed by atoms with Crippen molar-refractivity contribution >= 4 is 10.9 Å². The van der Waals surface area contributed by atoms with Crippen molar-refractivity contribution in [2.75, 3.05) is 13.7 Å². The molecule has 0 amide bonds. The van der Waals surface area contributed by atoms with Crippen molar-refractivity contribution in [2.24, 2.45) is 0 Å². The Morgan fingerprint density at radius 3 is 2.88 bits per heavy atom. The van der Waals surface area contributed by atoms with E-state index in [4.69, 9.17) is 9.84 Å². The topological polar surface area (TPSA) is 45.2 Å². The average molecular weight is 219 g/mol. The molecule has 2 aromatic rings. The predicted octanol–water partition coefficient (Wildman–Crippen LogP) is 2.41. The summed E-state index contributed by atoms with van der Waals surface area (Å²) in [5.74, 6) is 0.880. The first-order valence-electron chi connectivity index (χ1n) is 5.51.